The lowest BCUT2D eigenvalue weighted by Gasteiger charge is -2.09. The van der Waals surface area contributed by atoms with Gasteiger partial charge in [0, 0.05) is 18.2 Å². The van der Waals surface area contributed by atoms with Crippen LogP contribution in [0.3, 0.4) is 0 Å². The van der Waals surface area contributed by atoms with E-state index in [2.05, 4.69) is 24.3 Å². The molecule has 2 aromatic rings. The Hall–Kier alpha value is -2.14. The third-order valence-corrected chi connectivity index (χ3v) is 3.68. The number of aromatic nitrogens is 2. The second-order valence-electron chi connectivity index (χ2n) is 5.73. The first-order chi connectivity index (χ1) is 11.0. The Morgan fingerprint density at radius 2 is 2.00 bits per heavy atom. The lowest BCUT2D eigenvalue weighted by molar-refractivity contribution is -0.121. The molecule has 0 bridgehead atoms. The van der Waals surface area contributed by atoms with Gasteiger partial charge in [-0.2, -0.15) is 5.10 Å². The van der Waals surface area contributed by atoms with Gasteiger partial charge in [0.15, 0.2) is 0 Å². The van der Waals surface area contributed by atoms with Crippen LogP contribution in [0.5, 0.6) is 0 Å². The van der Waals surface area contributed by atoms with E-state index in [1.54, 1.807) is 12.1 Å². The molecule has 0 spiro atoms. The van der Waals surface area contributed by atoms with Gasteiger partial charge in [0.1, 0.15) is 6.54 Å². The van der Waals surface area contributed by atoms with E-state index in [1.807, 2.05) is 18.2 Å². The Morgan fingerprint density at radius 1 is 1.26 bits per heavy atom. The van der Waals surface area contributed by atoms with Gasteiger partial charge in [-0.1, -0.05) is 43.6 Å². The third-order valence-electron chi connectivity index (χ3n) is 3.35. The number of halogens is 1. The molecular formula is C17H20ClN3O2. The minimum atomic E-state index is -0.320. The molecule has 0 aliphatic rings. The standard InChI is InChI=1S/C17H20ClN3O2/c1-12(2)9-10-19-16(22)11-21-17(23)8-7-15(20-21)13-5-3-4-6-14(13)18/h3-8,12H,9-11H2,1-2H3,(H,19,22). The van der Waals surface area contributed by atoms with Crippen LogP contribution in [0.4, 0.5) is 0 Å². The fraction of sp³-hybridized carbons (Fsp3) is 0.353. The van der Waals surface area contributed by atoms with Gasteiger partial charge in [-0.05, 0) is 24.5 Å². The third kappa shape index (κ3) is 4.93. The quantitative estimate of drug-likeness (QED) is 0.884. The first-order valence-corrected chi connectivity index (χ1v) is 7.95. The van der Waals surface area contributed by atoms with E-state index < -0.39 is 0 Å². The van der Waals surface area contributed by atoms with E-state index in [0.717, 1.165) is 16.7 Å². The van der Waals surface area contributed by atoms with Crippen LogP contribution in [0.2, 0.25) is 5.02 Å². The van der Waals surface area contributed by atoms with E-state index in [0.29, 0.717) is 23.2 Å². The Morgan fingerprint density at radius 3 is 2.70 bits per heavy atom. The van der Waals surface area contributed by atoms with E-state index in [9.17, 15) is 9.59 Å². The van der Waals surface area contributed by atoms with Gasteiger partial charge >= 0.3 is 0 Å². The predicted molar refractivity (Wildman–Crippen MR) is 91.4 cm³/mol. The van der Waals surface area contributed by atoms with Gasteiger partial charge in [0.25, 0.3) is 5.56 Å². The van der Waals surface area contributed by atoms with Crippen LogP contribution >= 0.6 is 11.6 Å². The first-order valence-electron chi connectivity index (χ1n) is 7.57. The minimum absolute atomic E-state index is 0.102. The van der Waals surface area contributed by atoms with Crippen LogP contribution in [0.1, 0.15) is 20.3 Å². The lowest BCUT2D eigenvalue weighted by Crippen LogP contribution is -2.34. The molecule has 1 aromatic carbocycles. The van der Waals surface area contributed by atoms with Crippen molar-refractivity contribution in [1.29, 1.82) is 0 Å². The average Bonchev–Trinajstić information content (AvgIpc) is 2.50. The molecule has 1 heterocycles. The van der Waals surface area contributed by atoms with Gasteiger partial charge in [-0.3, -0.25) is 9.59 Å². The van der Waals surface area contributed by atoms with Crippen molar-refractivity contribution < 1.29 is 4.79 Å². The van der Waals surface area contributed by atoms with Crippen LogP contribution in [0.25, 0.3) is 11.3 Å². The topological polar surface area (TPSA) is 64.0 Å². The maximum absolute atomic E-state index is 11.9. The fourth-order valence-corrected chi connectivity index (χ4v) is 2.30. The number of hydrogen-bond acceptors (Lipinski definition) is 3. The SMILES string of the molecule is CC(C)CCNC(=O)Cn1nc(-c2ccccc2Cl)ccc1=O. The molecule has 0 radical (unpaired) electrons. The van der Waals surface area contributed by atoms with Crippen molar-refractivity contribution in [2.24, 2.45) is 5.92 Å². The number of carbonyl (C=O) groups is 1. The summed E-state index contributed by atoms with van der Waals surface area (Å²) in [6.07, 6.45) is 0.897. The number of amides is 1. The monoisotopic (exact) mass is 333 g/mol. The summed E-state index contributed by atoms with van der Waals surface area (Å²) in [6.45, 7) is 4.67. The summed E-state index contributed by atoms with van der Waals surface area (Å²) in [4.78, 5) is 23.8. The van der Waals surface area contributed by atoms with E-state index in [-0.39, 0.29) is 18.0 Å². The molecular weight excluding hydrogens is 314 g/mol. The second-order valence-corrected chi connectivity index (χ2v) is 6.13. The fourth-order valence-electron chi connectivity index (χ4n) is 2.07. The van der Waals surface area contributed by atoms with Gasteiger partial charge in [-0.15, -0.1) is 0 Å². The summed E-state index contributed by atoms with van der Waals surface area (Å²) >= 11 is 6.15. The summed E-state index contributed by atoms with van der Waals surface area (Å²) in [7, 11) is 0. The van der Waals surface area contributed by atoms with E-state index >= 15 is 0 Å². The normalized spacial score (nSPS) is 10.8. The number of nitrogens with one attached hydrogen (secondary N) is 1. The van der Waals surface area contributed by atoms with Crippen LogP contribution in [0, 0.1) is 5.92 Å². The maximum atomic E-state index is 11.9. The molecule has 1 amide bonds. The number of rotatable bonds is 6. The van der Waals surface area contributed by atoms with Crippen LogP contribution in [-0.4, -0.2) is 22.2 Å². The minimum Gasteiger partial charge on any atom is -0.354 e. The highest BCUT2D eigenvalue weighted by Gasteiger charge is 2.09. The van der Waals surface area contributed by atoms with Crippen molar-refractivity contribution in [3.05, 3.63) is 51.8 Å². The molecule has 0 fully saturated rings. The molecule has 23 heavy (non-hydrogen) atoms. The predicted octanol–water partition coefficient (Wildman–Crippen LogP) is 2.73. The van der Waals surface area contributed by atoms with Crippen LogP contribution < -0.4 is 10.9 Å². The number of hydrogen-bond donors (Lipinski definition) is 1. The zero-order chi connectivity index (χ0) is 16.8. The average molecular weight is 334 g/mol. The van der Waals surface area contributed by atoms with E-state index in [4.69, 9.17) is 11.6 Å². The van der Waals surface area contributed by atoms with Crippen molar-refractivity contribution >= 4 is 17.5 Å². The highest BCUT2D eigenvalue weighted by Crippen LogP contribution is 2.24. The summed E-state index contributed by atoms with van der Waals surface area (Å²) < 4.78 is 1.16. The second kappa shape index (κ2) is 7.92. The molecule has 0 aliphatic carbocycles. The molecule has 0 atom stereocenters. The van der Waals surface area contributed by atoms with Crippen molar-refractivity contribution in [3.8, 4) is 11.3 Å². The maximum Gasteiger partial charge on any atom is 0.267 e. The highest BCUT2D eigenvalue weighted by atomic mass is 35.5. The zero-order valence-electron chi connectivity index (χ0n) is 13.3. The molecule has 1 N–H and O–H groups in total. The molecule has 2 rings (SSSR count). The highest BCUT2D eigenvalue weighted by molar-refractivity contribution is 6.33. The Bertz CT molecular complexity index is 741. The van der Waals surface area contributed by atoms with E-state index in [1.165, 1.54) is 6.07 Å². The number of carbonyl (C=O) groups excluding carboxylic acids is 1. The Labute approximate surface area is 140 Å². The molecule has 0 unspecified atom stereocenters. The Balaban J connectivity index is 2.14. The molecule has 1 aromatic heterocycles. The summed E-state index contributed by atoms with van der Waals surface area (Å²) in [5, 5.41) is 7.59. The van der Waals surface area contributed by atoms with Gasteiger partial charge in [0.2, 0.25) is 5.91 Å². The zero-order valence-corrected chi connectivity index (χ0v) is 14.0. The number of benzene rings is 1. The van der Waals surface area contributed by atoms with Gasteiger partial charge < -0.3 is 5.32 Å². The largest absolute Gasteiger partial charge is 0.354 e. The van der Waals surface area contributed by atoms with Crippen molar-refractivity contribution in [1.82, 2.24) is 15.1 Å². The summed E-state index contributed by atoms with van der Waals surface area (Å²) in [6, 6.07) is 10.2. The van der Waals surface area contributed by atoms with Gasteiger partial charge in [0.05, 0.1) is 10.7 Å². The molecule has 122 valence electrons. The van der Waals surface area contributed by atoms with Crippen molar-refractivity contribution in [2.45, 2.75) is 26.8 Å². The van der Waals surface area contributed by atoms with Crippen molar-refractivity contribution in [2.75, 3.05) is 6.54 Å². The van der Waals surface area contributed by atoms with Crippen molar-refractivity contribution in [3.63, 3.8) is 0 Å². The Kier molecular flexibility index (Phi) is 5.93. The molecule has 5 nitrogen and oxygen atoms in total. The molecule has 0 aliphatic heterocycles. The summed E-state index contributed by atoms with van der Waals surface area (Å²) in [5.74, 6) is 0.288. The van der Waals surface area contributed by atoms with Crippen LogP contribution in [0.15, 0.2) is 41.2 Å². The summed E-state index contributed by atoms with van der Waals surface area (Å²) in [5.41, 5.74) is 0.966. The lowest BCUT2D eigenvalue weighted by atomic mass is 10.1. The van der Waals surface area contributed by atoms with Gasteiger partial charge in [-0.25, -0.2) is 4.68 Å². The molecule has 6 heteroatoms. The molecule has 0 saturated carbocycles. The molecule has 0 saturated heterocycles. The number of nitrogens with zero attached hydrogens (tertiary/aromatic N) is 2. The first kappa shape index (κ1) is 17.2. The van der Waals surface area contributed by atoms with Crippen LogP contribution in [-0.2, 0) is 11.3 Å². The smallest absolute Gasteiger partial charge is 0.267 e.